The van der Waals surface area contributed by atoms with E-state index in [1.54, 1.807) is 0 Å². The first kappa shape index (κ1) is 16.9. The summed E-state index contributed by atoms with van der Waals surface area (Å²) in [5, 5.41) is 5.05. The molecule has 103 valence electrons. The molecule has 0 saturated carbocycles. The van der Waals surface area contributed by atoms with Crippen LogP contribution < -0.4 is 5.01 Å². The van der Waals surface area contributed by atoms with Gasteiger partial charge in [0.05, 0.1) is 11.6 Å². The lowest BCUT2D eigenvalue weighted by molar-refractivity contribution is -0.127. The average Bonchev–Trinajstić information content (AvgIpc) is 1.91. The lowest BCUT2D eigenvalue weighted by atomic mass is 9.96. The molecule has 0 heterocycles. The first-order valence-corrected chi connectivity index (χ1v) is 6.78. The molecule has 17 heavy (non-hydrogen) atoms. The van der Waals surface area contributed by atoms with Crippen LogP contribution >= 0.6 is 0 Å². The molecular formula is C15H34N2+. The number of hydrogen-bond acceptors (Lipinski definition) is 2. The number of hydrogen-bond donors (Lipinski definition) is 0. The summed E-state index contributed by atoms with van der Waals surface area (Å²) in [4.78, 5) is 0. The Kier molecular flexibility index (Phi) is 4.87. The standard InChI is InChI=1S/C15H34N2/c1-12(2)16(13(3,4)5)17(14(6,7)8)15(9,10)11/h12H,1-11H3/q+1. The van der Waals surface area contributed by atoms with Crippen molar-refractivity contribution >= 4 is 0 Å². The predicted molar refractivity (Wildman–Crippen MR) is 78.4 cm³/mol. The molecule has 2 nitrogen and oxygen atoms in total. The molecular weight excluding hydrogens is 208 g/mol. The van der Waals surface area contributed by atoms with Crippen LogP contribution in [0.15, 0.2) is 0 Å². The summed E-state index contributed by atoms with van der Waals surface area (Å²) >= 11 is 0. The van der Waals surface area contributed by atoms with E-state index in [-0.39, 0.29) is 16.6 Å². The Morgan fingerprint density at radius 3 is 1.06 bits per heavy atom. The van der Waals surface area contributed by atoms with Crippen LogP contribution in [0.2, 0.25) is 0 Å². The Labute approximate surface area is 109 Å². The van der Waals surface area contributed by atoms with Crippen molar-refractivity contribution in [2.75, 3.05) is 0 Å². The van der Waals surface area contributed by atoms with E-state index in [0.717, 1.165) is 0 Å². The van der Waals surface area contributed by atoms with Crippen LogP contribution in [0, 0.1) is 0 Å². The van der Waals surface area contributed by atoms with Crippen molar-refractivity contribution in [2.24, 2.45) is 0 Å². The Morgan fingerprint density at radius 1 is 0.706 bits per heavy atom. The van der Waals surface area contributed by atoms with E-state index in [1.807, 2.05) is 0 Å². The summed E-state index contributed by atoms with van der Waals surface area (Å²) in [5.74, 6) is 0. The SMILES string of the molecule is CC(C)N([N+](C(C)(C)C)C(C)(C)C)C(C)(C)C. The molecule has 2 heteroatoms. The molecule has 0 N–H and O–H groups in total. The van der Waals surface area contributed by atoms with E-state index in [1.165, 1.54) is 0 Å². The molecule has 0 rings (SSSR count). The lowest BCUT2D eigenvalue weighted by Gasteiger charge is -2.47. The van der Waals surface area contributed by atoms with Crippen molar-refractivity contribution in [3.05, 3.63) is 0 Å². The quantitative estimate of drug-likeness (QED) is 0.522. The summed E-state index contributed by atoms with van der Waals surface area (Å²) in [6.45, 7) is 25.2. The van der Waals surface area contributed by atoms with Gasteiger partial charge in [-0.1, -0.05) is 10.0 Å². The molecule has 0 aliphatic rings. The third kappa shape index (κ3) is 4.59. The molecule has 0 aliphatic heterocycles. The largest absolute Gasteiger partial charge is 0.156 e. The molecule has 0 aliphatic carbocycles. The Morgan fingerprint density at radius 2 is 1.00 bits per heavy atom. The fraction of sp³-hybridized carbons (Fsp3) is 1.00. The van der Waals surface area contributed by atoms with E-state index in [9.17, 15) is 0 Å². The topological polar surface area (TPSA) is 9.14 Å². The zero-order valence-electron chi connectivity index (χ0n) is 14.0. The van der Waals surface area contributed by atoms with Gasteiger partial charge in [0.25, 0.3) is 0 Å². The van der Waals surface area contributed by atoms with Gasteiger partial charge in [0.15, 0.2) is 11.1 Å². The predicted octanol–water partition coefficient (Wildman–Crippen LogP) is 4.15. The maximum absolute atomic E-state index is 2.53. The van der Waals surface area contributed by atoms with Crippen LogP contribution in [-0.4, -0.2) is 27.7 Å². The van der Waals surface area contributed by atoms with E-state index < -0.39 is 0 Å². The van der Waals surface area contributed by atoms with Crippen LogP contribution in [0.1, 0.15) is 76.2 Å². The number of nitrogens with zero attached hydrogens (tertiary/aromatic N) is 2. The first-order chi connectivity index (χ1) is 7.19. The molecule has 0 spiro atoms. The van der Waals surface area contributed by atoms with Crippen molar-refractivity contribution in [1.29, 1.82) is 0 Å². The van der Waals surface area contributed by atoms with Crippen molar-refractivity contribution in [2.45, 2.75) is 98.8 Å². The third-order valence-electron chi connectivity index (χ3n) is 2.66. The van der Waals surface area contributed by atoms with Crippen LogP contribution in [-0.2, 0) is 0 Å². The fourth-order valence-electron chi connectivity index (χ4n) is 2.96. The van der Waals surface area contributed by atoms with Gasteiger partial charge in [-0.3, -0.25) is 0 Å². The van der Waals surface area contributed by atoms with Crippen molar-refractivity contribution in [3.8, 4) is 0 Å². The fourth-order valence-corrected chi connectivity index (χ4v) is 2.96. The molecule has 0 amide bonds. The molecule has 0 unspecified atom stereocenters. The molecule has 0 aromatic rings. The molecule has 1 radical (unpaired) electrons. The van der Waals surface area contributed by atoms with E-state index in [4.69, 9.17) is 0 Å². The third-order valence-corrected chi connectivity index (χ3v) is 2.66. The van der Waals surface area contributed by atoms with E-state index in [0.29, 0.717) is 6.04 Å². The second-order valence-electron chi connectivity index (χ2n) is 8.26. The normalized spacial score (nSPS) is 15.2. The minimum atomic E-state index is 0.121. The van der Waals surface area contributed by atoms with Crippen molar-refractivity contribution in [1.82, 2.24) is 10.0 Å². The van der Waals surface area contributed by atoms with Gasteiger partial charge in [0, 0.05) is 0 Å². The maximum atomic E-state index is 2.53. The van der Waals surface area contributed by atoms with Crippen molar-refractivity contribution in [3.63, 3.8) is 0 Å². The Balaban J connectivity index is 5.58. The van der Waals surface area contributed by atoms with Gasteiger partial charge in [-0.25, -0.2) is 0 Å². The highest BCUT2D eigenvalue weighted by Gasteiger charge is 2.51. The van der Waals surface area contributed by atoms with Gasteiger partial charge < -0.3 is 0 Å². The van der Waals surface area contributed by atoms with Gasteiger partial charge >= 0.3 is 0 Å². The molecule has 0 aromatic heterocycles. The summed E-state index contributed by atoms with van der Waals surface area (Å²) in [6.07, 6.45) is 0. The average molecular weight is 242 g/mol. The maximum Gasteiger partial charge on any atom is 0.156 e. The first-order valence-electron chi connectivity index (χ1n) is 6.78. The highest BCUT2D eigenvalue weighted by atomic mass is 15.7. The Hall–Kier alpha value is -0.0800. The molecule has 0 fully saturated rings. The second-order valence-corrected chi connectivity index (χ2v) is 8.26. The zero-order valence-corrected chi connectivity index (χ0v) is 14.0. The molecule has 0 aromatic carbocycles. The summed E-state index contributed by atoms with van der Waals surface area (Å²) in [6, 6.07) is 0.494. The van der Waals surface area contributed by atoms with Gasteiger partial charge in [0.1, 0.15) is 0 Å². The minimum absolute atomic E-state index is 0.121. The molecule has 0 saturated heterocycles. The molecule has 0 bridgehead atoms. The summed E-state index contributed by atoms with van der Waals surface area (Å²) < 4.78 is 0. The van der Waals surface area contributed by atoms with Gasteiger partial charge in [-0.2, -0.15) is 0 Å². The monoisotopic (exact) mass is 242 g/mol. The van der Waals surface area contributed by atoms with Gasteiger partial charge in [0.2, 0.25) is 0 Å². The van der Waals surface area contributed by atoms with Crippen molar-refractivity contribution < 1.29 is 0 Å². The van der Waals surface area contributed by atoms with Gasteiger partial charge in [-0.15, -0.1) is 0 Å². The highest BCUT2D eigenvalue weighted by Crippen LogP contribution is 2.30. The lowest BCUT2D eigenvalue weighted by Crippen LogP contribution is -2.71. The Bertz CT molecular complexity index is 221. The minimum Gasteiger partial charge on any atom is -0.0977 e. The summed E-state index contributed by atoms with van der Waals surface area (Å²) in [5.41, 5.74) is 0.375. The zero-order chi connectivity index (χ0) is 14.2. The van der Waals surface area contributed by atoms with Crippen LogP contribution in [0.4, 0.5) is 0 Å². The van der Waals surface area contributed by atoms with E-state index >= 15 is 0 Å². The number of rotatable bonds is 2. The van der Waals surface area contributed by atoms with Crippen LogP contribution in [0.5, 0.6) is 0 Å². The summed E-state index contributed by atoms with van der Waals surface area (Å²) in [7, 11) is 0. The number of hydrazine groups is 1. The smallest absolute Gasteiger partial charge is 0.0977 e. The van der Waals surface area contributed by atoms with Crippen LogP contribution in [0.25, 0.3) is 0 Å². The van der Waals surface area contributed by atoms with E-state index in [2.05, 4.69) is 86.2 Å². The van der Waals surface area contributed by atoms with Crippen LogP contribution in [0.3, 0.4) is 0 Å². The molecule has 0 atom stereocenters. The highest BCUT2D eigenvalue weighted by molar-refractivity contribution is 4.95. The van der Waals surface area contributed by atoms with Gasteiger partial charge in [-0.05, 0) is 76.2 Å². The second kappa shape index (κ2) is 4.89.